The Kier molecular flexibility index (Phi) is 8.90. The molecule has 0 aromatic heterocycles. The Labute approximate surface area is 218 Å². The SMILES string of the molecule is COc1cc(/C=N/NC(=O)c2ccc(Cl)cc2Cl)cc(I)c1OCc1ccc(Cl)cc1Cl. The molecule has 1 amide bonds. The highest BCUT2D eigenvalue weighted by molar-refractivity contribution is 14.1. The minimum atomic E-state index is -0.454. The Morgan fingerprint density at radius 1 is 1.03 bits per heavy atom. The van der Waals surface area contributed by atoms with Crippen molar-refractivity contribution in [2.45, 2.75) is 6.61 Å². The van der Waals surface area contributed by atoms with Crippen LogP contribution in [-0.4, -0.2) is 19.2 Å². The normalized spacial score (nSPS) is 10.9. The van der Waals surface area contributed by atoms with Crippen LogP contribution in [-0.2, 0) is 6.61 Å². The first-order valence-electron chi connectivity index (χ1n) is 9.01. The number of hydrogen-bond acceptors (Lipinski definition) is 4. The first-order chi connectivity index (χ1) is 15.3. The lowest BCUT2D eigenvalue weighted by atomic mass is 10.2. The molecule has 5 nitrogen and oxygen atoms in total. The molecule has 32 heavy (non-hydrogen) atoms. The quantitative estimate of drug-likeness (QED) is 0.171. The molecule has 0 saturated carbocycles. The summed E-state index contributed by atoms with van der Waals surface area (Å²) >= 11 is 26.2. The van der Waals surface area contributed by atoms with Gasteiger partial charge in [-0.1, -0.05) is 52.5 Å². The van der Waals surface area contributed by atoms with Crippen molar-refractivity contribution in [2.75, 3.05) is 7.11 Å². The number of methoxy groups -OCH3 is 1. The predicted molar refractivity (Wildman–Crippen MR) is 138 cm³/mol. The average Bonchev–Trinajstić information content (AvgIpc) is 2.73. The Morgan fingerprint density at radius 2 is 1.72 bits per heavy atom. The summed E-state index contributed by atoms with van der Waals surface area (Å²) in [6.45, 7) is 0.244. The monoisotopic (exact) mass is 622 g/mol. The van der Waals surface area contributed by atoms with E-state index in [4.69, 9.17) is 55.9 Å². The van der Waals surface area contributed by atoms with Crippen LogP contribution < -0.4 is 14.9 Å². The molecule has 0 heterocycles. The van der Waals surface area contributed by atoms with Gasteiger partial charge in [-0.3, -0.25) is 4.79 Å². The number of carbonyl (C=O) groups excluding carboxylic acids is 1. The zero-order chi connectivity index (χ0) is 23.3. The molecule has 0 spiro atoms. The third-order valence-electron chi connectivity index (χ3n) is 4.19. The van der Waals surface area contributed by atoms with Crippen LogP contribution >= 0.6 is 69.0 Å². The number of carbonyl (C=O) groups is 1. The highest BCUT2D eigenvalue weighted by Gasteiger charge is 2.13. The second kappa shape index (κ2) is 11.4. The van der Waals surface area contributed by atoms with Gasteiger partial charge in [0, 0.05) is 20.6 Å². The molecule has 0 saturated heterocycles. The van der Waals surface area contributed by atoms with E-state index in [-0.39, 0.29) is 17.2 Å². The molecule has 0 bridgehead atoms. The van der Waals surface area contributed by atoms with E-state index in [0.29, 0.717) is 32.1 Å². The van der Waals surface area contributed by atoms with Crippen molar-refractivity contribution in [3.8, 4) is 11.5 Å². The second-order valence-corrected chi connectivity index (χ2v) is 9.23. The van der Waals surface area contributed by atoms with Crippen molar-refractivity contribution in [3.63, 3.8) is 0 Å². The number of benzene rings is 3. The highest BCUT2D eigenvalue weighted by Crippen LogP contribution is 2.35. The Morgan fingerprint density at radius 3 is 2.38 bits per heavy atom. The molecule has 166 valence electrons. The lowest BCUT2D eigenvalue weighted by Crippen LogP contribution is -2.18. The van der Waals surface area contributed by atoms with E-state index in [0.717, 1.165) is 9.13 Å². The maximum atomic E-state index is 12.3. The molecular formula is C22H15Cl4IN2O3. The van der Waals surface area contributed by atoms with Crippen LogP contribution in [0.1, 0.15) is 21.5 Å². The van der Waals surface area contributed by atoms with E-state index < -0.39 is 5.91 Å². The molecule has 3 aromatic carbocycles. The summed E-state index contributed by atoms with van der Waals surface area (Å²) in [6.07, 6.45) is 1.49. The number of nitrogens with one attached hydrogen (secondary N) is 1. The number of amides is 1. The summed E-state index contributed by atoms with van der Waals surface area (Å²) in [5, 5.41) is 5.75. The van der Waals surface area contributed by atoms with Crippen molar-refractivity contribution in [2.24, 2.45) is 5.10 Å². The van der Waals surface area contributed by atoms with Gasteiger partial charge in [0.1, 0.15) is 6.61 Å². The van der Waals surface area contributed by atoms with E-state index in [9.17, 15) is 4.79 Å². The van der Waals surface area contributed by atoms with Crippen molar-refractivity contribution in [1.29, 1.82) is 0 Å². The third-order valence-corrected chi connectivity index (χ3v) is 6.13. The summed E-state index contributed by atoms with van der Waals surface area (Å²) in [5.41, 5.74) is 4.20. The van der Waals surface area contributed by atoms with Crippen LogP contribution in [0, 0.1) is 3.57 Å². The molecule has 10 heteroatoms. The topological polar surface area (TPSA) is 59.9 Å². The van der Waals surface area contributed by atoms with Crippen LogP contribution in [0.3, 0.4) is 0 Å². The molecule has 1 N–H and O–H groups in total. The maximum Gasteiger partial charge on any atom is 0.272 e. The van der Waals surface area contributed by atoms with Crippen molar-refractivity contribution < 1.29 is 14.3 Å². The first-order valence-corrected chi connectivity index (χ1v) is 11.6. The van der Waals surface area contributed by atoms with E-state index in [1.165, 1.54) is 18.3 Å². The number of hydrazone groups is 1. The van der Waals surface area contributed by atoms with E-state index in [2.05, 4.69) is 33.1 Å². The lowest BCUT2D eigenvalue weighted by Gasteiger charge is -2.14. The Bertz CT molecular complexity index is 1190. The zero-order valence-corrected chi connectivity index (χ0v) is 21.6. The highest BCUT2D eigenvalue weighted by atomic mass is 127. The molecule has 3 aromatic rings. The largest absolute Gasteiger partial charge is 0.493 e. The molecule has 0 aliphatic carbocycles. The summed E-state index contributed by atoms with van der Waals surface area (Å²) in [6, 6.07) is 13.4. The van der Waals surface area contributed by atoms with Gasteiger partial charge in [-0.15, -0.1) is 0 Å². The number of halogens is 5. The van der Waals surface area contributed by atoms with E-state index in [1.54, 1.807) is 37.4 Å². The van der Waals surface area contributed by atoms with Crippen molar-refractivity contribution >= 4 is 81.1 Å². The molecular weight excluding hydrogens is 609 g/mol. The average molecular weight is 624 g/mol. The van der Waals surface area contributed by atoms with Gasteiger partial charge in [0.2, 0.25) is 0 Å². The van der Waals surface area contributed by atoms with Crippen LogP contribution in [0.25, 0.3) is 0 Å². The van der Waals surface area contributed by atoms with Crippen LogP contribution in [0.2, 0.25) is 20.1 Å². The summed E-state index contributed by atoms with van der Waals surface area (Å²) < 4.78 is 12.2. The Balaban J connectivity index is 1.71. The number of rotatable bonds is 7. The maximum absolute atomic E-state index is 12.3. The number of ether oxygens (including phenoxy) is 2. The van der Waals surface area contributed by atoms with Gasteiger partial charge in [-0.2, -0.15) is 5.10 Å². The van der Waals surface area contributed by atoms with Gasteiger partial charge in [0.15, 0.2) is 11.5 Å². The molecule has 0 atom stereocenters. The first kappa shape index (κ1) is 24.9. The van der Waals surface area contributed by atoms with Gasteiger partial charge in [-0.05, 0) is 70.6 Å². The summed E-state index contributed by atoms with van der Waals surface area (Å²) in [7, 11) is 1.54. The minimum Gasteiger partial charge on any atom is -0.493 e. The summed E-state index contributed by atoms with van der Waals surface area (Å²) in [4.78, 5) is 12.3. The van der Waals surface area contributed by atoms with Gasteiger partial charge in [0.25, 0.3) is 5.91 Å². The van der Waals surface area contributed by atoms with Crippen LogP contribution in [0.4, 0.5) is 0 Å². The number of hydrogen-bond donors (Lipinski definition) is 1. The zero-order valence-electron chi connectivity index (χ0n) is 16.5. The third kappa shape index (κ3) is 6.42. The Hall–Kier alpha value is -1.71. The van der Waals surface area contributed by atoms with Crippen molar-refractivity contribution in [3.05, 3.63) is 88.9 Å². The minimum absolute atomic E-state index is 0.240. The van der Waals surface area contributed by atoms with Gasteiger partial charge in [0.05, 0.1) is 27.5 Å². The number of nitrogens with zero attached hydrogens (tertiary/aromatic N) is 1. The van der Waals surface area contributed by atoms with Gasteiger partial charge in [-0.25, -0.2) is 5.43 Å². The van der Waals surface area contributed by atoms with Crippen LogP contribution in [0.15, 0.2) is 53.6 Å². The molecule has 0 aliphatic rings. The molecule has 0 unspecified atom stereocenters. The van der Waals surface area contributed by atoms with E-state index >= 15 is 0 Å². The fourth-order valence-corrected chi connectivity index (χ4v) is 4.38. The molecule has 0 fully saturated rings. The van der Waals surface area contributed by atoms with Crippen LogP contribution in [0.5, 0.6) is 11.5 Å². The molecule has 0 radical (unpaired) electrons. The summed E-state index contributed by atoms with van der Waals surface area (Å²) in [5.74, 6) is 0.619. The smallest absolute Gasteiger partial charge is 0.272 e. The molecule has 3 rings (SSSR count). The lowest BCUT2D eigenvalue weighted by molar-refractivity contribution is 0.0955. The fourth-order valence-electron chi connectivity index (χ4n) is 2.64. The van der Waals surface area contributed by atoms with Crippen molar-refractivity contribution in [1.82, 2.24) is 5.43 Å². The van der Waals surface area contributed by atoms with E-state index in [1.807, 2.05) is 6.07 Å². The standard InChI is InChI=1S/C22H15Cl4IN2O3/c1-31-20-7-12(10-28-29-22(30)16-5-4-15(24)9-18(16)26)6-19(27)21(20)32-11-13-2-3-14(23)8-17(13)25/h2-10H,11H2,1H3,(H,29,30)/b28-10+. The van der Waals surface area contributed by atoms with Gasteiger partial charge >= 0.3 is 0 Å². The fraction of sp³-hybridized carbons (Fsp3) is 0.0909. The molecule has 0 aliphatic heterocycles. The predicted octanol–water partition coefficient (Wildman–Crippen LogP) is 7.26. The second-order valence-electron chi connectivity index (χ2n) is 6.38. The van der Waals surface area contributed by atoms with Gasteiger partial charge < -0.3 is 9.47 Å².